The zero-order valence-corrected chi connectivity index (χ0v) is 34.8. The van der Waals surface area contributed by atoms with Crippen LogP contribution in [0.5, 0.6) is 0 Å². The van der Waals surface area contributed by atoms with E-state index in [1.807, 2.05) is 13.8 Å². The molecule has 314 valence electrons. The van der Waals surface area contributed by atoms with Crippen molar-refractivity contribution >= 4 is 23.7 Å². The highest BCUT2D eigenvalue weighted by atomic mass is 16.6. The molecule has 0 atom stereocenters. The van der Waals surface area contributed by atoms with Gasteiger partial charge in [0.05, 0.1) is 32.6 Å². The second kappa shape index (κ2) is 34.5. The summed E-state index contributed by atoms with van der Waals surface area (Å²) >= 11 is 0. The van der Waals surface area contributed by atoms with Crippen molar-refractivity contribution in [3.8, 4) is 0 Å². The van der Waals surface area contributed by atoms with E-state index in [0.29, 0.717) is 88.6 Å². The molecule has 0 amide bonds. The SMILES string of the molecule is CC(C)CCCC(=O)OCCOCC(=O)CCCOCCOCCC(C)C.CC(C)CCCC(=O)OCCOCCCC(=O)OCc1cn(C(C)C)nn1. The lowest BCUT2D eigenvalue weighted by atomic mass is 10.1. The average molecular weight is 772 g/mol. The lowest BCUT2D eigenvalue weighted by molar-refractivity contribution is -0.146. The first-order valence-corrected chi connectivity index (χ1v) is 20.0. The number of aromatic nitrogens is 3. The monoisotopic (exact) mass is 772 g/mol. The smallest absolute Gasteiger partial charge is 0.306 e. The summed E-state index contributed by atoms with van der Waals surface area (Å²) < 4.78 is 38.5. The van der Waals surface area contributed by atoms with Crippen LogP contribution in [0.1, 0.15) is 138 Å². The number of rotatable bonds is 33. The first-order chi connectivity index (χ1) is 25.8. The van der Waals surface area contributed by atoms with Crippen LogP contribution in [0.25, 0.3) is 0 Å². The van der Waals surface area contributed by atoms with Gasteiger partial charge in [-0.1, -0.05) is 59.6 Å². The standard InChI is InChI=1S/C21H40O6.C19H33N3O5/c1-18(2)7-5-9-21(23)27-16-15-26-17-20(22)8-6-11-24-13-14-25-12-10-19(3)4;1-15(2)7-5-8-18(23)26-12-11-25-10-6-9-19(24)27-14-17-13-22(16(3)4)21-20-17/h18-19H,5-17H2,1-4H3;13,15-16H,5-12,14H2,1-4H3. The third kappa shape index (κ3) is 34.8. The Hall–Kier alpha value is -2.94. The van der Waals surface area contributed by atoms with E-state index in [4.69, 9.17) is 33.2 Å². The molecule has 0 radical (unpaired) electrons. The highest BCUT2D eigenvalue weighted by molar-refractivity contribution is 5.79. The van der Waals surface area contributed by atoms with Crippen LogP contribution in [-0.2, 0) is 58.9 Å². The number of hydrogen-bond acceptors (Lipinski definition) is 13. The van der Waals surface area contributed by atoms with Gasteiger partial charge in [0, 0.05) is 51.5 Å². The van der Waals surface area contributed by atoms with Crippen LogP contribution < -0.4 is 0 Å². The van der Waals surface area contributed by atoms with Crippen LogP contribution in [0.2, 0.25) is 0 Å². The Morgan fingerprint density at radius 3 is 1.52 bits per heavy atom. The molecule has 0 fully saturated rings. The number of hydrogen-bond donors (Lipinski definition) is 0. The van der Waals surface area contributed by atoms with E-state index < -0.39 is 0 Å². The maximum Gasteiger partial charge on any atom is 0.306 e. The molecule has 54 heavy (non-hydrogen) atoms. The summed E-state index contributed by atoms with van der Waals surface area (Å²) in [5.74, 6) is 1.21. The van der Waals surface area contributed by atoms with Gasteiger partial charge in [0.1, 0.15) is 32.1 Å². The van der Waals surface area contributed by atoms with Crippen LogP contribution in [0, 0.1) is 17.8 Å². The molecule has 14 heteroatoms. The van der Waals surface area contributed by atoms with Crippen LogP contribution >= 0.6 is 0 Å². The zero-order valence-electron chi connectivity index (χ0n) is 34.8. The largest absolute Gasteiger partial charge is 0.463 e. The minimum atomic E-state index is -0.297. The number of ether oxygens (including phenoxy) is 7. The summed E-state index contributed by atoms with van der Waals surface area (Å²) in [4.78, 5) is 46.3. The van der Waals surface area contributed by atoms with Gasteiger partial charge in [0.2, 0.25) is 0 Å². The molecule has 0 aromatic carbocycles. The Labute approximate surface area is 325 Å². The molecule has 0 aliphatic carbocycles. The van der Waals surface area contributed by atoms with Gasteiger partial charge in [0.25, 0.3) is 0 Å². The molecule has 0 N–H and O–H groups in total. The number of carbonyl (C=O) groups excluding carboxylic acids is 4. The van der Waals surface area contributed by atoms with Crippen molar-refractivity contribution in [2.75, 3.05) is 66.1 Å². The van der Waals surface area contributed by atoms with Gasteiger partial charge in [-0.2, -0.15) is 0 Å². The molecule has 1 heterocycles. The maximum absolute atomic E-state index is 11.7. The fourth-order valence-electron chi connectivity index (χ4n) is 4.43. The molecule has 0 spiro atoms. The van der Waals surface area contributed by atoms with Crippen molar-refractivity contribution in [2.24, 2.45) is 17.8 Å². The van der Waals surface area contributed by atoms with E-state index in [2.05, 4.69) is 51.9 Å². The predicted octanol–water partition coefficient (Wildman–Crippen LogP) is 6.87. The van der Waals surface area contributed by atoms with E-state index in [1.165, 1.54) is 0 Å². The molecule has 14 nitrogen and oxygen atoms in total. The summed E-state index contributed by atoms with van der Waals surface area (Å²) in [6.07, 6.45) is 9.42. The molecular weight excluding hydrogens is 698 g/mol. The van der Waals surface area contributed by atoms with E-state index in [0.717, 1.165) is 38.7 Å². The van der Waals surface area contributed by atoms with Crippen LogP contribution in [-0.4, -0.2) is 105 Å². The predicted molar refractivity (Wildman–Crippen MR) is 206 cm³/mol. The third-order valence-electron chi connectivity index (χ3n) is 7.66. The van der Waals surface area contributed by atoms with E-state index in [9.17, 15) is 19.2 Å². The maximum atomic E-state index is 11.7. The van der Waals surface area contributed by atoms with Crippen molar-refractivity contribution in [3.63, 3.8) is 0 Å². The Morgan fingerprint density at radius 1 is 0.537 bits per heavy atom. The summed E-state index contributed by atoms with van der Waals surface area (Å²) in [5, 5.41) is 7.90. The van der Waals surface area contributed by atoms with E-state index >= 15 is 0 Å². The van der Waals surface area contributed by atoms with Gasteiger partial charge in [-0.3, -0.25) is 19.2 Å². The zero-order chi connectivity index (χ0) is 40.4. The molecule has 0 bridgehead atoms. The molecule has 0 unspecified atom stereocenters. The lowest BCUT2D eigenvalue weighted by Crippen LogP contribution is -2.15. The Bertz CT molecular complexity index is 1090. The van der Waals surface area contributed by atoms with Crippen molar-refractivity contribution < 1.29 is 52.3 Å². The summed E-state index contributed by atoms with van der Waals surface area (Å²) in [7, 11) is 0. The fraction of sp³-hybridized carbons (Fsp3) is 0.850. The van der Waals surface area contributed by atoms with E-state index in [-0.39, 0.29) is 69.2 Å². The minimum absolute atomic E-state index is 0.0371. The third-order valence-corrected chi connectivity index (χ3v) is 7.66. The first kappa shape index (κ1) is 51.1. The quantitative estimate of drug-likeness (QED) is 0.0414. The number of nitrogens with zero attached hydrogens (tertiary/aromatic N) is 3. The molecular formula is C40H73N3O11. The van der Waals surface area contributed by atoms with E-state index in [1.54, 1.807) is 10.9 Å². The summed E-state index contributed by atoms with van der Waals surface area (Å²) in [5.41, 5.74) is 0.628. The fourth-order valence-corrected chi connectivity index (χ4v) is 4.43. The Kier molecular flexibility index (Phi) is 32.7. The molecule has 1 aromatic heterocycles. The van der Waals surface area contributed by atoms with Gasteiger partial charge < -0.3 is 33.2 Å². The normalized spacial score (nSPS) is 11.3. The molecule has 1 rings (SSSR count). The average Bonchev–Trinajstić information content (AvgIpc) is 3.59. The summed E-state index contributed by atoms with van der Waals surface area (Å²) in [6.45, 7) is 21.0. The first-order valence-electron chi connectivity index (χ1n) is 20.0. The number of carbonyl (C=O) groups is 4. The van der Waals surface area contributed by atoms with Gasteiger partial charge in [0.15, 0.2) is 5.78 Å². The van der Waals surface area contributed by atoms with Gasteiger partial charge in [-0.05, 0) is 63.7 Å². The topological polar surface area (TPSA) is 164 Å². The van der Waals surface area contributed by atoms with Crippen molar-refractivity contribution in [1.82, 2.24) is 15.0 Å². The van der Waals surface area contributed by atoms with Gasteiger partial charge in [-0.25, -0.2) is 4.68 Å². The highest BCUT2D eigenvalue weighted by Crippen LogP contribution is 2.08. The Balaban J connectivity index is 0.00000104. The number of Topliss-reactive ketones (excluding diaryl/α,β-unsaturated/α-hetero) is 1. The molecule has 0 aliphatic rings. The Morgan fingerprint density at radius 2 is 1.00 bits per heavy atom. The molecule has 0 saturated carbocycles. The van der Waals surface area contributed by atoms with Crippen LogP contribution in [0.4, 0.5) is 0 Å². The van der Waals surface area contributed by atoms with Gasteiger partial charge >= 0.3 is 17.9 Å². The van der Waals surface area contributed by atoms with Crippen LogP contribution in [0.3, 0.4) is 0 Å². The highest BCUT2D eigenvalue weighted by Gasteiger charge is 2.09. The lowest BCUT2D eigenvalue weighted by Gasteiger charge is -2.08. The second-order valence-corrected chi connectivity index (χ2v) is 14.8. The van der Waals surface area contributed by atoms with Crippen LogP contribution in [0.15, 0.2) is 6.20 Å². The van der Waals surface area contributed by atoms with Crippen molar-refractivity contribution in [1.29, 1.82) is 0 Å². The minimum Gasteiger partial charge on any atom is -0.463 e. The second-order valence-electron chi connectivity index (χ2n) is 14.8. The van der Waals surface area contributed by atoms with Crippen molar-refractivity contribution in [2.45, 2.75) is 139 Å². The van der Waals surface area contributed by atoms with Crippen molar-refractivity contribution in [3.05, 3.63) is 11.9 Å². The molecule has 1 aromatic rings. The summed E-state index contributed by atoms with van der Waals surface area (Å²) in [6, 6.07) is 0.221. The number of ketones is 1. The van der Waals surface area contributed by atoms with Gasteiger partial charge in [-0.15, -0.1) is 5.10 Å². The molecule has 0 aliphatic heterocycles. The molecule has 0 saturated heterocycles. The number of esters is 3.